The molecular weight excluding hydrogens is 1340 g/mol. The average molecular weight is 1420 g/mol. The van der Waals surface area contributed by atoms with Crippen molar-refractivity contribution < 1.29 is 96.7 Å². The number of benzene rings is 8. The molecule has 2 amide bonds. The zero-order valence-electron chi connectivity index (χ0n) is 57.4. The predicted octanol–water partition coefficient (Wildman–Crippen LogP) is 8.66. The average Bonchev–Trinajstić information content (AvgIpc) is 0.770. The number of nitrogens with one attached hydrogen (secondary N) is 2. The summed E-state index contributed by atoms with van der Waals surface area (Å²) >= 11 is 0. The number of Topliss-reactive ketones (excluding diaryl/α,β-unsaturated/α-hetero) is 2. The Morgan fingerprint density at radius 1 is 0.352 bits per heavy atom. The Labute approximate surface area is 607 Å². The molecule has 540 valence electrons. The number of hydrogen-bond acceptors (Lipinski definition) is 20. The van der Waals surface area contributed by atoms with E-state index in [9.17, 15) is 58.8 Å². The summed E-state index contributed by atoms with van der Waals surface area (Å²) in [5, 5.41) is 52.2. The van der Waals surface area contributed by atoms with Crippen molar-refractivity contribution in [1.82, 2.24) is 0 Å². The van der Waals surface area contributed by atoms with E-state index in [0.29, 0.717) is 77.4 Å². The number of terminal acetylenes is 4. The molecular formula is C83H78N2O20. The molecule has 105 heavy (non-hydrogen) atoms. The van der Waals surface area contributed by atoms with Crippen molar-refractivity contribution in [3.8, 4) is 72.4 Å². The van der Waals surface area contributed by atoms with Crippen molar-refractivity contribution in [3.05, 3.63) is 202 Å². The number of aliphatic hydroxyl groups excluding tert-OH is 4. The van der Waals surface area contributed by atoms with Crippen LogP contribution >= 0.6 is 0 Å². The van der Waals surface area contributed by atoms with Crippen LogP contribution in [-0.2, 0) is 76.6 Å². The Morgan fingerprint density at radius 3 is 1.04 bits per heavy atom. The van der Waals surface area contributed by atoms with Crippen molar-refractivity contribution in [2.45, 2.75) is 95.0 Å². The summed E-state index contributed by atoms with van der Waals surface area (Å²) in [6, 6.07) is 44.1. The third kappa shape index (κ3) is 26.2. The normalized spacial score (nSPS) is 11.9. The minimum Gasteiger partial charge on any atom is -0.491 e. The molecule has 22 nitrogen and oxygen atoms in total. The molecule has 0 aliphatic carbocycles. The molecule has 22 heteroatoms. The number of ether oxygens (including phenoxy) is 8. The van der Waals surface area contributed by atoms with Crippen molar-refractivity contribution in [3.63, 3.8) is 0 Å². The quantitative estimate of drug-likeness (QED) is 0.0119. The van der Waals surface area contributed by atoms with Crippen LogP contribution in [0.3, 0.4) is 0 Å². The molecule has 4 unspecified atom stereocenters. The number of esters is 4. The fourth-order valence-electron chi connectivity index (χ4n) is 10.6. The van der Waals surface area contributed by atoms with Crippen LogP contribution in [0.4, 0.5) is 11.4 Å². The van der Waals surface area contributed by atoms with Crippen LogP contribution in [-0.4, -0.2) is 145 Å². The number of carbonyl (C=O) groups is 8. The maximum absolute atomic E-state index is 12.9. The van der Waals surface area contributed by atoms with E-state index >= 15 is 0 Å². The van der Waals surface area contributed by atoms with Crippen LogP contribution in [0.2, 0.25) is 0 Å². The summed E-state index contributed by atoms with van der Waals surface area (Å²) in [6.07, 6.45) is 14.8. The van der Waals surface area contributed by atoms with E-state index in [2.05, 4.69) is 34.3 Å². The van der Waals surface area contributed by atoms with Gasteiger partial charge >= 0.3 is 23.9 Å². The Balaban J connectivity index is 1.00. The summed E-state index contributed by atoms with van der Waals surface area (Å²) in [5.41, 5.74) is 5.55. The molecule has 6 N–H and O–H groups in total. The van der Waals surface area contributed by atoms with Crippen LogP contribution in [0, 0.1) is 49.4 Å². The molecule has 4 atom stereocenters. The minimum atomic E-state index is -1.40. The number of amides is 2. The standard InChI is InChI=1S/C83H78N2O20/c1-5-54-13-9-17-58(37-54)41-64(86)25-33-80(94)102-50-66(88)46-98-70-27-21-60-23-29-76(100-48-68(90)52-103-81(95)34-26-65(87)42-59-18-10-14-55(6-2)38-59)74(72(60)43-70)45-75-73-44-71(99-47-67(89)51-104-82(96)35-31-78(92)84-62-19-11-15-56(7-3)39-62)28-22-61(73)24-30-77(75)101-49-69(91)53-105-83(97)36-32-79(93)85-63-20-12-16-57(8-4)40-63/h1-4,9-24,27-30,37-40,43-44,66-69,88-91H,25-26,31-36,41-42,45-53H2,(H,84,92)(H,85,93). The molecule has 8 rings (SSSR count). The van der Waals surface area contributed by atoms with E-state index in [1.165, 1.54) is 0 Å². The van der Waals surface area contributed by atoms with E-state index in [1.54, 1.807) is 158 Å². The lowest BCUT2D eigenvalue weighted by molar-refractivity contribution is -0.148. The first kappa shape index (κ1) is 78.4. The molecule has 0 fully saturated rings. The monoisotopic (exact) mass is 1420 g/mol. The zero-order valence-corrected chi connectivity index (χ0v) is 57.4. The molecule has 0 aliphatic heterocycles. The number of ketones is 2. The predicted molar refractivity (Wildman–Crippen MR) is 390 cm³/mol. The van der Waals surface area contributed by atoms with Gasteiger partial charge in [-0.2, -0.15) is 0 Å². The van der Waals surface area contributed by atoms with E-state index in [1.807, 2.05) is 0 Å². The van der Waals surface area contributed by atoms with Gasteiger partial charge in [-0.15, -0.1) is 25.7 Å². The van der Waals surface area contributed by atoms with Gasteiger partial charge in [-0.3, -0.25) is 38.4 Å². The van der Waals surface area contributed by atoms with E-state index in [-0.39, 0.29) is 118 Å². The first-order valence-corrected chi connectivity index (χ1v) is 33.6. The third-order valence-electron chi connectivity index (χ3n) is 15.9. The lowest BCUT2D eigenvalue weighted by atomic mass is 9.93. The number of hydrogen-bond donors (Lipinski definition) is 6. The second-order valence-corrected chi connectivity index (χ2v) is 24.3. The summed E-state index contributed by atoms with van der Waals surface area (Å²) in [4.78, 5) is 102. The van der Waals surface area contributed by atoms with Gasteiger partial charge in [0, 0.05) is 89.7 Å². The van der Waals surface area contributed by atoms with Gasteiger partial charge in [0.25, 0.3) is 0 Å². The highest BCUT2D eigenvalue weighted by atomic mass is 16.6. The number of fused-ring (bicyclic) bond motifs is 2. The topological polar surface area (TPSA) is 315 Å². The molecule has 0 heterocycles. The first-order chi connectivity index (χ1) is 50.7. The molecule has 8 aromatic rings. The zero-order chi connectivity index (χ0) is 75.0. The smallest absolute Gasteiger partial charge is 0.306 e. The Hall–Kier alpha value is -12.3. The highest BCUT2D eigenvalue weighted by Crippen LogP contribution is 2.39. The third-order valence-corrected chi connectivity index (χ3v) is 15.9. The van der Waals surface area contributed by atoms with Crippen LogP contribution < -0.4 is 29.6 Å². The molecule has 0 radical (unpaired) electrons. The van der Waals surface area contributed by atoms with Gasteiger partial charge in [-0.05, 0) is 130 Å². The highest BCUT2D eigenvalue weighted by Gasteiger charge is 2.23. The molecule has 0 bridgehead atoms. The molecule has 0 saturated heterocycles. The van der Waals surface area contributed by atoms with Gasteiger partial charge in [0.1, 0.15) is 112 Å². The SMILES string of the molecule is C#Cc1cccc(CC(=O)CCC(=O)OCC(O)COc2ccc3ccc(OCC(O)COC(=O)CCC(=O)Cc4cccc(C#C)c4)c(Cc4c(OCC(O)COC(=O)CCC(=O)Nc5cccc(C#C)c5)ccc5ccc(OCC(O)COC(=O)CCC(=O)Nc6cccc(C#C)c6)cc45)c3c2)c1. The lowest BCUT2D eigenvalue weighted by Crippen LogP contribution is -2.26. The fourth-order valence-corrected chi connectivity index (χ4v) is 10.6. The van der Waals surface area contributed by atoms with E-state index < -0.39 is 99.7 Å². The number of aliphatic hydroxyl groups is 4. The molecule has 0 aromatic heterocycles. The second kappa shape index (κ2) is 40.4. The number of anilines is 2. The van der Waals surface area contributed by atoms with Gasteiger partial charge < -0.3 is 69.0 Å². The van der Waals surface area contributed by atoms with Gasteiger partial charge in [-0.25, -0.2) is 0 Å². The van der Waals surface area contributed by atoms with Crippen LogP contribution in [0.25, 0.3) is 21.5 Å². The highest BCUT2D eigenvalue weighted by molar-refractivity contribution is 5.95. The van der Waals surface area contributed by atoms with Crippen LogP contribution in [0.15, 0.2) is 158 Å². The first-order valence-electron chi connectivity index (χ1n) is 33.6. The van der Waals surface area contributed by atoms with Crippen LogP contribution in [0.5, 0.6) is 23.0 Å². The van der Waals surface area contributed by atoms with Gasteiger partial charge in [0.05, 0.1) is 25.7 Å². The van der Waals surface area contributed by atoms with Crippen LogP contribution in [0.1, 0.15) is 95.9 Å². The van der Waals surface area contributed by atoms with Crippen molar-refractivity contribution in [1.29, 1.82) is 0 Å². The number of carbonyl (C=O) groups excluding carboxylic acids is 8. The van der Waals surface area contributed by atoms with E-state index in [0.717, 1.165) is 0 Å². The Morgan fingerprint density at radius 2 is 0.676 bits per heavy atom. The van der Waals surface area contributed by atoms with Crippen molar-refractivity contribution in [2.75, 3.05) is 63.5 Å². The lowest BCUT2D eigenvalue weighted by Gasteiger charge is -2.21. The van der Waals surface area contributed by atoms with Gasteiger partial charge in [-0.1, -0.05) is 84.3 Å². The summed E-state index contributed by atoms with van der Waals surface area (Å²) < 4.78 is 46.3. The van der Waals surface area contributed by atoms with Crippen molar-refractivity contribution in [2.24, 2.45) is 0 Å². The van der Waals surface area contributed by atoms with Gasteiger partial charge in [0.15, 0.2) is 0 Å². The number of rotatable bonds is 40. The fraction of sp³-hybridized carbons (Fsp3) is 0.277. The Kier molecular flexibility index (Phi) is 30.2. The molecule has 0 spiro atoms. The summed E-state index contributed by atoms with van der Waals surface area (Å²) in [7, 11) is 0. The molecule has 0 aliphatic rings. The Bertz CT molecular complexity index is 4310. The maximum Gasteiger partial charge on any atom is 0.306 e. The summed E-state index contributed by atoms with van der Waals surface area (Å²) in [6.45, 7) is -3.53. The maximum atomic E-state index is 12.9. The largest absolute Gasteiger partial charge is 0.491 e. The minimum absolute atomic E-state index is 0.0525. The van der Waals surface area contributed by atoms with E-state index in [4.69, 9.17) is 63.6 Å². The molecule has 8 aromatic carbocycles. The second-order valence-electron chi connectivity index (χ2n) is 24.3. The molecule has 0 saturated carbocycles. The summed E-state index contributed by atoms with van der Waals surface area (Å²) in [5.74, 6) is 6.60. The van der Waals surface area contributed by atoms with Crippen molar-refractivity contribution >= 4 is 80.2 Å². The van der Waals surface area contributed by atoms with Gasteiger partial charge in [0.2, 0.25) is 11.8 Å².